The first-order valence-corrected chi connectivity index (χ1v) is 12.1. The molecule has 0 aromatic heterocycles. The van der Waals surface area contributed by atoms with Gasteiger partial charge in [0.05, 0.1) is 6.10 Å². The number of alkyl halides is 1. The largest absolute Gasteiger partial charge is 0.455 e. The van der Waals surface area contributed by atoms with Crippen molar-refractivity contribution in [2.75, 3.05) is 6.61 Å². The quantitative estimate of drug-likeness (QED) is 0.636. The Morgan fingerprint density at radius 1 is 1.28 bits per heavy atom. The molecule has 0 bridgehead atoms. The zero-order valence-electron chi connectivity index (χ0n) is 19.6. The smallest absolute Gasteiger partial charge is 0.340 e. The number of Topliss-reactive ketones (excluding diaryl/α,β-unsaturated/α-hetero) is 2. The number of halogens is 1. The van der Waals surface area contributed by atoms with Gasteiger partial charge in [-0.05, 0) is 74.0 Å². The Labute approximate surface area is 189 Å². The van der Waals surface area contributed by atoms with Crippen molar-refractivity contribution >= 4 is 17.5 Å². The molecule has 2 N–H and O–H groups in total. The van der Waals surface area contributed by atoms with Crippen LogP contribution in [0.25, 0.3) is 0 Å². The van der Waals surface area contributed by atoms with Gasteiger partial charge in [-0.1, -0.05) is 20.8 Å². The summed E-state index contributed by atoms with van der Waals surface area (Å²) in [6.45, 7) is 6.33. The van der Waals surface area contributed by atoms with Crippen molar-refractivity contribution in [2.45, 2.75) is 90.5 Å². The van der Waals surface area contributed by atoms with E-state index in [1.165, 1.54) is 0 Å². The summed E-state index contributed by atoms with van der Waals surface area (Å²) in [5, 5.41) is 23.2. The van der Waals surface area contributed by atoms with Gasteiger partial charge in [0.1, 0.15) is 11.4 Å². The van der Waals surface area contributed by atoms with Crippen LogP contribution in [0.15, 0.2) is 0 Å². The summed E-state index contributed by atoms with van der Waals surface area (Å²) < 4.78 is 18.0. The minimum atomic E-state index is -1.84. The molecule has 10 atom stereocenters. The highest BCUT2D eigenvalue weighted by Gasteiger charge is 2.71. The van der Waals surface area contributed by atoms with Crippen molar-refractivity contribution in [3.05, 3.63) is 0 Å². The summed E-state index contributed by atoms with van der Waals surface area (Å²) in [4.78, 5) is 36.8. The molecule has 0 radical (unpaired) electrons. The molecule has 0 aromatic carbocycles. The molecular weight excluding hydrogens is 415 g/mol. The highest BCUT2D eigenvalue weighted by molar-refractivity contribution is 5.91. The van der Waals surface area contributed by atoms with Crippen LogP contribution in [0.5, 0.6) is 0 Å². The van der Waals surface area contributed by atoms with E-state index in [1.54, 1.807) is 0 Å². The number of carbonyl (C=O) groups is 3. The van der Waals surface area contributed by atoms with E-state index in [4.69, 9.17) is 4.74 Å². The van der Waals surface area contributed by atoms with Crippen LogP contribution in [0, 0.1) is 40.4 Å². The minimum Gasteiger partial charge on any atom is -0.455 e. The predicted octanol–water partition coefficient (Wildman–Crippen LogP) is 3.02. The van der Waals surface area contributed by atoms with Gasteiger partial charge in [0.15, 0.2) is 12.8 Å². The van der Waals surface area contributed by atoms with Gasteiger partial charge in [0.2, 0.25) is 5.78 Å². The fraction of sp³-hybridized carbons (Fsp3) is 0.880. The van der Waals surface area contributed by atoms with Crippen molar-refractivity contribution in [1.82, 2.24) is 0 Å². The lowest BCUT2D eigenvalue weighted by Crippen LogP contribution is -2.64. The molecule has 7 heteroatoms. The summed E-state index contributed by atoms with van der Waals surface area (Å²) >= 11 is 0. The Bertz CT molecular complexity index is 812. The molecule has 6 nitrogen and oxygen atoms in total. The molecule has 0 aromatic rings. The summed E-state index contributed by atoms with van der Waals surface area (Å²) in [5.74, 6) is -1.24. The molecule has 4 aliphatic carbocycles. The fourth-order valence-corrected chi connectivity index (χ4v) is 8.46. The van der Waals surface area contributed by atoms with Crippen LogP contribution >= 0.6 is 0 Å². The molecule has 0 spiro atoms. The third-order valence-electron chi connectivity index (χ3n) is 10.1. The number of ketones is 2. The lowest BCUT2D eigenvalue weighted by Gasteiger charge is -2.62. The third kappa shape index (κ3) is 3.21. The van der Waals surface area contributed by atoms with Crippen LogP contribution in [0.2, 0.25) is 0 Å². The monoisotopic (exact) mass is 452 g/mol. The average Bonchev–Trinajstić information content (AvgIpc) is 2.93. The maximum atomic E-state index is 13.2. The lowest BCUT2D eigenvalue weighted by molar-refractivity contribution is -0.203. The Kier molecular flexibility index (Phi) is 5.85. The van der Waals surface area contributed by atoms with Crippen molar-refractivity contribution in [3.63, 3.8) is 0 Å². The van der Waals surface area contributed by atoms with E-state index in [9.17, 15) is 29.0 Å². The normalized spacial score (nSPS) is 48.9. The van der Waals surface area contributed by atoms with Crippen LogP contribution in [0.3, 0.4) is 0 Å². The van der Waals surface area contributed by atoms with Crippen molar-refractivity contribution in [1.29, 1.82) is 0 Å². The number of esters is 1. The van der Waals surface area contributed by atoms with Crippen molar-refractivity contribution in [2.24, 2.45) is 40.4 Å². The van der Waals surface area contributed by atoms with E-state index in [2.05, 4.69) is 6.92 Å². The number of carbonyl (C=O) groups excluding carboxylic acids is 3. The van der Waals surface area contributed by atoms with E-state index in [0.717, 1.165) is 26.2 Å². The molecule has 8 unspecified atom stereocenters. The SMILES string of the molecule is CC(F)C(=O)OCC(=O)C1(O)C(C)CC2C3CCC4CC(=O)CC[C@]4(C)C3[C@@H](O)CC21C. The first kappa shape index (κ1) is 23.8. The van der Waals surface area contributed by atoms with Gasteiger partial charge in [-0.25, -0.2) is 9.18 Å². The molecule has 32 heavy (non-hydrogen) atoms. The van der Waals surface area contributed by atoms with E-state index >= 15 is 0 Å². The second-order valence-corrected chi connectivity index (χ2v) is 11.6. The van der Waals surface area contributed by atoms with Gasteiger partial charge >= 0.3 is 5.97 Å². The zero-order valence-corrected chi connectivity index (χ0v) is 19.6. The molecule has 180 valence electrons. The van der Waals surface area contributed by atoms with Crippen LogP contribution < -0.4 is 0 Å². The van der Waals surface area contributed by atoms with Gasteiger partial charge in [-0.3, -0.25) is 9.59 Å². The number of fused-ring (bicyclic) bond motifs is 5. The number of hydrogen-bond donors (Lipinski definition) is 2. The summed E-state index contributed by atoms with van der Waals surface area (Å²) in [6.07, 6.45) is 2.16. The molecule has 4 rings (SSSR count). The van der Waals surface area contributed by atoms with Crippen LogP contribution in [0.1, 0.15) is 72.6 Å². The molecule has 0 saturated heterocycles. The van der Waals surface area contributed by atoms with Crippen molar-refractivity contribution in [3.8, 4) is 0 Å². The number of hydrogen-bond acceptors (Lipinski definition) is 6. The molecule has 0 amide bonds. The average molecular weight is 453 g/mol. The second-order valence-electron chi connectivity index (χ2n) is 11.6. The van der Waals surface area contributed by atoms with Gasteiger partial charge < -0.3 is 14.9 Å². The second kappa shape index (κ2) is 7.86. The van der Waals surface area contributed by atoms with Gasteiger partial charge in [0.25, 0.3) is 0 Å². The highest BCUT2D eigenvalue weighted by atomic mass is 19.1. The third-order valence-corrected chi connectivity index (χ3v) is 10.1. The van der Waals surface area contributed by atoms with Crippen molar-refractivity contribution < 1.29 is 33.7 Å². The Balaban J connectivity index is 1.62. The maximum absolute atomic E-state index is 13.2. The highest BCUT2D eigenvalue weighted by Crippen LogP contribution is 2.69. The zero-order chi connectivity index (χ0) is 23.6. The number of aliphatic hydroxyl groups is 2. The maximum Gasteiger partial charge on any atom is 0.340 e. The van der Waals surface area contributed by atoms with Crippen LogP contribution in [-0.4, -0.2) is 52.2 Å². The summed E-state index contributed by atoms with van der Waals surface area (Å²) in [6, 6.07) is 0. The van der Waals surface area contributed by atoms with E-state index in [0.29, 0.717) is 25.0 Å². The Hall–Kier alpha value is -1.34. The topological polar surface area (TPSA) is 101 Å². The van der Waals surface area contributed by atoms with Gasteiger partial charge in [-0.15, -0.1) is 0 Å². The van der Waals surface area contributed by atoms with E-state index < -0.39 is 41.7 Å². The summed E-state index contributed by atoms with van der Waals surface area (Å²) in [5.41, 5.74) is -2.71. The van der Waals surface area contributed by atoms with Crippen LogP contribution in [0.4, 0.5) is 4.39 Å². The Morgan fingerprint density at radius 2 is 1.97 bits per heavy atom. The molecule has 0 aliphatic heterocycles. The lowest BCUT2D eigenvalue weighted by atomic mass is 9.43. The summed E-state index contributed by atoms with van der Waals surface area (Å²) in [7, 11) is 0. The van der Waals surface area contributed by atoms with Gasteiger partial charge in [-0.2, -0.15) is 0 Å². The molecular formula is C25H37FO6. The number of rotatable bonds is 4. The number of aliphatic hydroxyl groups excluding tert-OH is 1. The fourth-order valence-electron chi connectivity index (χ4n) is 8.46. The van der Waals surface area contributed by atoms with Crippen LogP contribution in [-0.2, 0) is 19.1 Å². The Morgan fingerprint density at radius 3 is 2.62 bits per heavy atom. The van der Waals surface area contributed by atoms with E-state index in [1.807, 2.05) is 13.8 Å². The van der Waals surface area contributed by atoms with E-state index in [-0.39, 0.29) is 41.4 Å². The first-order valence-electron chi connectivity index (χ1n) is 12.1. The molecule has 4 aliphatic rings. The molecule has 4 saturated carbocycles. The minimum absolute atomic E-state index is 0.0438. The van der Waals surface area contributed by atoms with Gasteiger partial charge in [0, 0.05) is 18.3 Å². The first-order chi connectivity index (χ1) is 14.9. The predicted molar refractivity (Wildman–Crippen MR) is 114 cm³/mol. The number of ether oxygens (including phenoxy) is 1. The molecule has 0 heterocycles. The standard InChI is InChI=1S/C25H37FO6/c1-13-9-18-17-6-5-15-10-16(27)7-8-23(15,3)21(17)19(28)11-24(18,4)25(13,31)20(29)12-32-22(30)14(2)26/h13-15,17-19,21,28,31H,5-12H2,1-4H3/t13?,14?,15?,17?,18?,19-,21?,23-,24?,25?/m0/s1. The molecule has 4 fully saturated rings.